The number of hydrogen-bond acceptors (Lipinski definition) is 5. The van der Waals surface area contributed by atoms with E-state index < -0.39 is 11.9 Å². The molecule has 0 atom stereocenters. The van der Waals surface area contributed by atoms with Crippen LogP contribution in [-0.4, -0.2) is 61.0 Å². The number of anilines is 2. The second-order valence-corrected chi connectivity index (χ2v) is 7.10. The molecule has 9 heteroatoms. The molecule has 0 aliphatic carbocycles. The molecule has 0 radical (unpaired) electrons. The summed E-state index contributed by atoms with van der Waals surface area (Å²) >= 11 is 0. The van der Waals surface area contributed by atoms with Crippen LogP contribution in [-0.2, 0) is 11.0 Å². The number of likely N-dealkylation sites (tertiary alicyclic amines) is 1. The van der Waals surface area contributed by atoms with Gasteiger partial charge in [0.1, 0.15) is 5.82 Å². The summed E-state index contributed by atoms with van der Waals surface area (Å²) in [5, 5.41) is 0. The quantitative estimate of drug-likeness (QED) is 0.817. The highest BCUT2D eigenvalue weighted by Gasteiger charge is 2.35. The van der Waals surface area contributed by atoms with E-state index in [0.29, 0.717) is 25.9 Å². The zero-order chi connectivity index (χ0) is 18.9. The van der Waals surface area contributed by atoms with Crippen molar-refractivity contribution in [3.8, 4) is 0 Å². The summed E-state index contributed by atoms with van der Waals surface area (Å²) in [4.78, 5) is 25.7. The maximum absolute atomic E-state index is 13.1. The third-order valence-corrected chi connectivity index (χ3v) is 4.99. The first kappa shape index (κ1) is 18.7. The van der Waals surface area contributed by atoms with Crippen molar-refractivity contribution in [1.29, 1.82) is 0 Å². The summed E-state index contributed by atoms with van der Waals surface area (Å²) in [6.07, 6.45) is -1.18. The summed E-state index contributed by atoms with van der Waals surface area (Å²) in [5.41, 5.74) is -0.943. The van der Waals surface area contributed by atoms with Crippen LogP contribution in [0.25, 0.3) is 0 Å². The van der Waals surface area contributed by atoms with E-state index in [1.807, 2.05) is 4.90 Å². The summed E-state index contributed by atoms with van der Waals surface area (Å²) < 4.78 is 39.4. The molecule has 0 unspecified atom stereocenters. The van der Waals surface area contributed by atoms with E-state index in [1.54, 1.807) is 19.0 Å². The van der Waals surface area contributed by atoms with Crippen molar-refractivity contribution in [2.24, 2.45) is 5.92 Å². The monoisotopic (exact) mass is 371 g/mol. The van der Waals surface area contributed by atoms with Crippen LogP contribution in [0.15, 0.2) is 6.07 Å². The number of amides is 1. The molecule has 2 aliphatic rings. The van der Waals surface area contributed by atoms with Gasteiger partial charge in [-0.25, -0.2) is 4.98 Å². The summed E-state index contributed by atoms with van der Waals surface area (Å²) in [6.45, 7) is 2.61. The lowest BCUT2D eigenvalue weighted by Gasteiger charge is -2.33. The molecule has 2 saturated heterocycles. The molecule has 0 bridgehead atoms. The third-order valence-electron chi connectivity index (χ3n) is 4.99. The molecule has 2 aliphatic heterocycles. The first-order chi connectivity index (χ1) is 12.3. The highest BCUT2D eigenvalue weighted by molar-refractivity contribution is 5.79. The molecule has 1 aromatic rings. The largest absolute Gasteiger partial charge is 0.433 e. The molecule has 1 amide bonds. The summed E-state index contributed by atoms with van der Waals surface area (Å²) in [7, 11) is 3.29. The molecule has 26 heavy (non-hydrogen) atoms. The Morgan fingerprint density at radius 2 is 1.73 bits per heavy atom. The van der Waals surface area contributed by atoms with Crippen molar-refractivity contribution in [3.63, 3.8) is 0 Å². The van der Waals surface area contributed by atoms with Gasteiger partial charge in [-0.1, -0.05) is 0 Å². The lowest BCUT2D eigenvalue weighted by atomic mass is 9.95. The van der Waals surface area contributed by atoms with Gasteiger partial charge in [-0.05, 0) is 25.7 Å². The number of nitrogens with zero attached hydrogens (tertiary/aromatic N) is 5. The number of rotatable bonds is 3. The zero-order valence-corrected chi connectivity index (χ0v) is 15.1. The van der Waals surface area contributed by atoms with Crippen LogP contribution in [0.3, 0.4) is 0 Å². The molecule has 144 valence electrons. The van der Waals surface area contributed by atoms with Crippen molar-refractivity contribution in [2.75, 3.05) is 50.1 Å². The summed E-state index contributed by atoms with van der Waals surface area (Å²) in [5.74, 6) is 0.428. The van der Waals surface area contributed by atoms with Gasteiger partial charge in [-0.3, -0.25) is 4.79 Å². The van der Waals surface area contributed by atoms with Crippen LogP contribution >= 0.6 is 0 Å². The minimum Gasteiger partial charge on any atom is -0.363 e. The Morgan fingerprint density at radius 1 is 1.12 bits per heavy atom. The molecule has 0 aromatic carbocycles. The molecule has 0 saturated carbocycles. The molecular formula is C17H24F3N5O. The van der Waals surface area contributed by atoms with Gasteiger partial charge in [0, 0.05) is 52.3 Å². The SMILES string of the molecule is CN(C)c1cc(C(F)(F)F)nc(N2CCC(C(=O)N3CCCC3)CC2)n1. The van der Waals surface area contributed by atoms with E-state index in [9.17, 15) is 18.0 Å². The number of halogens is 3. The molecule has 2 fully saturated rings. The Hall–Kier alpha value is -2.06. The second-order valence-electron chi connectivity index (χ2n) is 7.10. The van der Waals surface area contributed by atoms with Gasteiger partial charge in [0.2, 0.25) is 11.9 Å². The molecule has 3 heterocycles. The Bertz CT molecular complexity index is 650. The molecule has 3 rings (SSSR count). The van der Waals surface area contributed by atoms with Gasteiger partial charge in [0.15, 0.2) is 5.69 Å². The predicted molar refractivity (Wildman–Crippen MR) is 92.1 cm³/mol. The Kier molecular flexibility index (Phi) is 5.24. The smallest absolute Gasteiger partial charge is 0.363 e. The molecular weight excluding hydrogens is 347 g/mol. The van der Waals surface area contributed by atoms with Gasteiger partial charge in [0.25, 0.3) is 0 Å². The fourth-order valence-electron chi connectivity index (χ4n) is 3.46. The number of aromatic nitrogens is 2. The van der Waals surface area contributed by atoms with Gasteiger partial charge < -0.3 is 14.7 Å². The van der Waals surface area contributed by atoms with E-state index >= 15 is 0 Å². The molecule has 1 aromatic heterocycles. The molecule has 0 N–H and O–H groups in total. The lowest BCUT2D eigenvalue weighted by molar-refractivity contribution is -0.141. The second kappa shape index (κ2) is 7.28. The molecule has 0 spiro atoms. The van der Waals surface area contributed by atoms with Crippen LogP contribution in [0.4, 0.5) is 24.9 Å². The lowest BCUT2D eigenvalue weighted by Crippen LogP contribution is -2.42. The van der Waals surface area contributed by atoms with Gasteiger partial charge in [-0.15, -0.1) is 0 Å². The maximum Gasteiger partial charge on any atom is 0.433 e. The van der Waals surface area contributed by atoms with Crippen molar-refractivity contribution in [3.05, 3.63) is 11.8 Å². The van der Waals surface area contributed by atoms with Crippen LogP contribution in [0.2, 0.25) is 0 Å². The number of alkyl halides is 3. The standard InChI is InChI=1S/C17H24F3N5O/c1-23(2)14-11-13(17(18,19)20)21-16(22-14)25-9-5-12(6-10-25)15(26)24-7-3-4-8-24/h11-12H,3-10H2,1-2H3. The van der Waals surface area contributed by atoms with E-state index in [4.69, 9.17) is 0 Å². The molecule has 6 nitrogen and oxygen atoms in total. The first-order valence-electron chi connectivity index (χ1n) is 8.93. The van der Waals surface area contributed by atoms with Crippen LogP contribution < -0.4 is 9.80 Å². The fraction of sp³-hybridized carbons (Fsp3) is 0.706. The van der Waals surface area contributed by atoms with Crippen molar-refractivity contribution in [1.82, 2.24) is 14.9 Å². The highest BCUT2D eigenvalue weighted by Crippen LogP contribution is 2.32. The minimum atomic E-state index is -4.52. The van der Waals surface area contributed by atoms with Crippen LogP contribution in [0.1, 0.15) is 31.4 Å². The number of hydrogen-bond donors (Lipinski definition) is 0. The topological polar surface area (TPSA) is 52.6 Å². The van der Waals surface area contributed by atoms with Gasteiger partial charge in [-0.2, -0.15) is 18.2 Å². The maximum atomic E-state index is 13.1. The first-order valence-corrected chi connectivity index (χ1v) is 8.93. The van der Waals surface area contributed by atoms with E-state index in [2.05, 4.69) is 9.97 Å². The van der Waals surface area contributed by atoms with Crippen LogP contribution in [0.5, 0.6) is 0 Å². The Balaban J connectivity index is 1.72. The average Bonchev–Trinajstić information content (AvgIpc) is 3.14. The van der Waals surface area contributed by atoms with Crippen molar-refractivity contribution in [2.45, 2.75) is 31.9 Å². The van der Waals surface area contributed by atoms with E-state index in [1.165, 1.54) is 4.90 Å². The number of carbonyl (C=O) groups is 1. The van der Waals surface area contributed by atoms with E-state index in [0.717, 1.165) is 32.0 Å². The predicted octanol–water partition coefficient (Wildman–Crippen LogP) is 2.40. The average molecular weight is 371 g/mol. The highest BCUT2D eigenvalue weighted by atomic mass is 19.4. The van der Waals surface area contributed by atoms with Crippen molar-refractivity contribution >= 4 is 17.7 Å². The van der Waals surface area contributed by atoms with Gasteiger partial charge >= 0.3 is 6.18 Å². The number of carbonyl (C=O) groups excluding carboxylic acids is 1. The normalized spacial score (nSPS) is 19.1. The summed E-state index contributed by atoms with van der Waals surface area (Å²) in [6, 6.07) is 0.952. The van der Waals surface area contributed by atoms with Crippen molar-refractivity contribution < 1.29 is 18.0 Å². The minimum absolute atomic E-state index is 0.0523. The van der Waals surface area contributed by atoms with Crippen LogP contribution in [0, 0.1) is 5.92 Å². The van der Waals surface area contributed by atoms with Gasteiger partial charge in [0.05, 0.1) is 0 Å². The fourth-order valence-corrected chi connectivity index (χ4v) is 3.46. The zero-order valence-electron chi connectivity index (χ0n) is 15.1. The van der Waals surface area contributed by atoms with E-state index in [-0.39, 0.29) is 23.6 Å². The number of piperidine rings is 1. The Morgan fingerprint density at radius 3 is 2.27 bits per heavy atom. The Labute approximate surface area is 151 Å². The third kappa shape index (κ3) is 4.02.